The second-order valence-electron chi connectivity index (χ2n) is 9.75. The minimum atomic E-state index is -0.410. The smallest absolute Gasteiger partial charge is 0.227 e. The normalized spacial score (nSPS) is 18.4. The number of benzene rings is 2. The zero-order chi connectivity index (χ0) is 25.4. The van der Waals surface area contributed by atoms with Crippen molar-refractivity contribution in [1.29, 1.82) is 0 Å². The van der Waals surface area contributed by atoms with Gasteiger partial charge in [-0.3, -0.25) is 4.79 Å². The van der Waals surface area contributed by atoms with E-state index < -0.39 is 6.04 Å². The number of methoxy groups -OCH3 is 1. The molecule has 1 aliphatic heterocycles. The van der Waals surface area contributed by atoms with E-state index in [0.29, 0.717) is 41.4 Å². The van der Waals surface area contributed by atoms with Gasteiger partial charge in [-0.05, 0) is 48.1 Å². The first-order chi connectivity index (χ1) is 17.3. The van der Waals surface area contributed by atoms with Crippen LogP contribution in [-0.4, -0.2) is 34.3 Å². The molecule has 2 aromatic carbocycles. The molecule has 2 aliphatic rings. The van der Waals surface area contributed by atoms with Crippen LogP contribution < -0.4 is 14.8 Å². The largest absolute Gasteiger partial charge is 0.493 e. The Labute approximate surface area is 220 Å². The number of Topliss-reactive ketones (excluding diaryl/α,β-unsaturated/α-hetero) is 1. The van der Waals surface area contributed by atoms with Crippen molar-refractivity contribution in [1.82, 2.24) is 14.8 Å². The summed E-state index contributed by atoms with van der Waals surface area (Å²) in [5.41, 5.74) is 3.44. The lowest BCUT2D eigenvalue weighted by Crippen LogP contribution is -2.36. The highest BCUT2D eigenvalue weighted by Gasteiger charge is 2.42. The van der Waals surface area contributed by atoms with Gasteiger partial charge in [-0.15, -0.1) is 5.10 Å². The first kappa shape index (κ1) is 24.7. The first-order valence-corrected chi connectivity index (χ1v) is 13.3. The number of thioether (sulfide) groups is 1. The Morgan fingerprint density at radius 1 is 1.19 bits per heavy atom. The third kappa shape index (κ3) is 4.72. The second kappa shape index (κ2) is 9.82. The van der Waals surface area contributed by atoms with Gasteiger partial charge in [-0.2, -0.15) is 4.98 Å². The van der Waals surface area contributed by atoms with Crippen LogP contribution in [0.5, 0.6) is 11.5 Å². The Bertz CT molecular complexity index is 1350. The van der Waals surface area contributed by atoms with E-state index in [0.717, 1.165) is 33.8 Å². The van der Waals surface area contributed by atoms with E-state index in [9.17, 15) is 4.79 Å². The predicted molar refractivity (Wildman–Crippen MR) is 142 cm³/mol. The second-order valence-corrected chi connectivity index (χ2v) is 11.1. The lowest BCUT2D eigenvalue weighted by molar-refractivity contribution is -0.118. The van der Waals surface area contributed by atoms with Crippen LogP contribution in [0.4, 0.5) is 5.95 Å². The lowest BCUT2D eigenvalue weighted by Gasteiger charge is -2.38. The number of nitrogens with one attached hydrogen (secondary N) is 1. The molecule has 0 amide bonds. The summed E-state index contributed by atoms with van der Waals surface area (Å²) in [4.78, 5) is 18.3. The number of aromatic nitrogens is 3. The summed E-state index contributed by atoms with van der Waals surface area (Å²) in [7, 11) is 1.62. The summed E-state index contributed by atoms with van der Waals surface area (Å²) in [6.07, 6.45) is 1.24. The monoisotopic (exact) mass is 524 g/mol. The fourth-order valence-electron chi connectivity index (χ4n) is 4.85. The maximum absolute atomic E-state index is 13.5. The van der Waals surface area contributed by atoms with Crippen LogP contribution >= 0.6 is 23.4 Å². The van der Waals surface area contributed by atoms with E-state index in [1.807, 2.05) is 54.1 Å². The fourth-order valence-corrected chi connectivity index (χ4v) is 5.96. The highest BCUT2D eigenvalue weighted by molar-refractivity contribution is 7.98. The third-order valence-corrected chi connectivity index (χ3v) is 7.69. The Morgan fingerprint density at radius 2 is 2.00 bits per heavy atom. The molecular weight excluding hydrogens is 496 g/mol. The molecule has 1 atom stereocenters. The fraction of sp³-hybridized carbons (Fsp3) is 0.370. The number of rotatable bonds is 7. The predicted octanol–water partition coefficient (Wildman–Crippen LogP) is 6.29. The minimum Gasteiger partial charge on any atom is -0.493 e. The molecule has 0 bridgehead atoms. The molecule has 1 unspecified atom stereocenters. The summed E-state index contributed by atoms with van der Waals surface area (Å²) < 4.78 is 13.2. The maximum Gasteiger partial charge on any atom is 0.227 e. The van der Waals surface area contributed by atoms with Gasteiger partial charge < -0.3 is 14.8 Å². The number of halogens is 1. The number of carbonyl (C=O) groups is 1. The van der Waals surface area contributed by atoms with E-state index in [1.165, 1.54) is 11.8 Å². The van der Waals surface area contributed by atoms with Gasteiger partial charge in [-0.25, -0.2) is 4.68 Å². The van der Waals surface area contributed by atoms with Gasteiger partial charge in [-0.1, -0.05) is 61.5 Å². The van der Waals surface area contributed by atoms with E-state index in [2.05, 4.69) is 19.2 Å². The molecule has 0 saturated carbocycles. The number of hydrogen-bond acceptors (Lipinski definition) is 7. The molecule has 7 nitrogen and oxygen atoms in total. The van der Waals surface area contributed by atoms with E-state index in [4.69, 9.17) is 31.2 Å². The van der Waals surface area contributed by atoms with Crippen molar-refractivity contribution < 1.29 is 14.3 Å². The molecule has 1 aliphatic carbocycles. The minimum absolute atomic E-state index is 0.124. The Balaban J connectivity index is 1.56. The van der Waals surface area contributed by atoms with Gasteiger partial charge in [0.1, 0.15) is 6.04 Å². The number of fused-ring (bicyclic) bond motifs is 1. The van der Waals surface area contributed by atoms with Crippen molar-refractivity contribution in [2.24, 2.45) is 5.41 Å². The van der Waals surface area contributed by atoms with Gasteiger partial charge in [0.05, 0.1) is 13.7 Å². The molecule has 2 heterocycles. The molecule has 0 saturated heterocycles. The summed E-state index contributed by atoms with van der Waals surface area (Å²) >= 11 is 7.86. The molecular formula is C27H29ClN4O3S. The van der Waals surface area contributed by atoms with Crippen LogP contribution in [0.25, 0.3) is 0 Å². The van der Waals surface area contributed by atoms with E-state index in [1.54, 1.807) is 7.11 Å². The van der Waals surface area contributed by atoms with Crippen LogP contribution in [0.3, 0.4) is 0 Å². The number of carbonyl (C=O) groups excluding carboxylic acids is 1. The standard InChI is InChI=1S/C27H29ClN4O3S/c1-5-35-22-12-16(10-11-21(22)34-4)24-23-19(13-27(2,3)14-20(23)33)29-25-30-26(31-32(24)25)36-15-17-8-6-7-9-18(17)28/h6-12,24H,5,13-15H2,1-4H3,(H,29,30,31). The van der Waals surface area contributed by atoms with Crippen molar-refractivity contribution in [2.75, 3.05) is 19.0 Å². The quantitative estimate of drug-likeness (QED) is 0.364. The number of nitrogens with zero attached hydrogens (tertiary/aromatic N) is 3. The number of hydrogen-bond donors (Lipinski definition) is 1. The average Bonchev–Trinajstić information content (AvgIpc) is 3.24. The molecule has 36 heavy (non-hydrogen) atoms. The Morgan fingerprint density at radius 3 is 2.75 bits per heavy atom. The lowest BCUT2D eigenvalue weighted by atomic mass is 9.73. The van der Waals surface area contributed by atoms with Crippen molar-refractivity contribution in [3.05, 3.63) is 69.9 Å². The van der Waals surface area contributed by atoms with Crippen LogP contribution in [0.2, 0.25) is 5.02 Å². The average molecular weight is 525 g/mol. The van der Waals surface area contributed by atoms with Crippen molar-refractivity contribution in [3.63, 3.8) is 0 Å². The highest BCUT2D eigenvalue weighted by Crippen LogP contribution is 2.46. The van der Waals surface area contributed by atoms with Crippen LogP contribution in [0.15, 0.2) is 58.9 Å². The molecule has 1 N–H and O–H groups in total. The number of ether oxygens (including phenoxy) is 2. The molecule has 5 rings (SSSR count). The molecule has 0 spiro atoms. The van der Waals surface area contributed by atoms with Crippen molar-refractivity contribution in [3.8, 4) is 11.5 Å². The van der Waals surface area contributed by atoms with Gasteiger partial charge in [0, 0.05) is 28.5 Å². The van der Waals surface area contributed by atoms with Crippen LogP contribution in [-0.2, 0) is 10.5 Å². The SMILES string of the molecule is CCOc1cc(C2C3=C(CC(C)(C)CC3=O)Nc3nc(SCc4ccccc4Cl)nn32)ccc1OC. The number of anilines is 1. The van der Waals surface area contributed by atoms with Crippen molar-refractivity contribution in [2.45, 2.75) is 50.6 Å². The molecule has 0 fully saturated rings. The first-order valence-electron chi connectivity index (χ1n) is 12.0. The Hall–Kier alpha value is -2.97. The molecule has 9 heteroatoms. The van der Waals surface area contributed by atoms with Gasteiger partial charge in [0.25, 0.3) is 0 Å². The van der Waals surface area contributed by atoms with Crippen LogP contribution in [0, 0.1) is 5.41 Å². The number of allylic oxidation sites excluding steroid dienone is 2. The third-order valence-electron chi connectivity index (χ3n) is 6.43. The van der Waals surface area contributed by atoms with Gasteiger partial charge >= 0.3 is 0 Å². The van der Waals surface area contributed by atoms with E-state index in [-0.39, 0.29) is 11.2 Å². The molecule has 0 radical (unpaired) electrons. The van der Waals surface area contributed by atoms with Gasteiger partial charge in [0.2, 0.25) is 11.1 Å². The molecule has 188 valence electrons. The summed E-state index contributed by atoms with van der Waals surface area (Å²) in [5.74, 6) is 2.68. The van der Waals surface area contributed by atoms with Crippen LogP contribution in [0.1, 0.15) is 50.8 Å². The van der Waals surface area contributed by atoms with Crippen molar-refractivity contribution >= 4 is 35.1 Å². The Kier molecular flexibility index (Phi) is 6.74. The highest BCUT2D eigenvalue weighted by atomic mass is 35.5. The molecule has 1 aromatic heterocycles. The number of ketones is 1. The maximum atomic E-state index is 13.5. The summed E-state index contributed by atoms with van der Waals surface area (Å²) in [6, 6.07) is 13.1. The topological polar surface area (TPSA) is 78.3 Å². The van der Waals surface area contributed by atoms with Gasteiger partial charge in [0.15, 0.2) is 17.3 Å². The zero-order valence-electron chi connectivity index (χ0n) is 20.8. The summed E-state index contributed by atoms with van der Waals surface area (Å²) in [6.45, 7) is 6.68. The summed E-state index contributed by atoms with van der Waals surface area (Å²) in [5, 5.41) is 9.60. The van der Waals surface area contributed by atoms with E-state index >= 15 is 0 Å². The zero-order valence-corrected chi connectivity index (χ0v) is 22.4. The molecule has 3 aromatic rings.